The van der Waals surface area contributed by atoms with Crippen LogP contribution in [0.5, 0.6) is 0 Å². The molecule has 0 aliphatic heterocycles. The van der Waals surface area contributed by atoms with Crippen LogP contribution in [0.4, 0.5) is 5.69 Å². The number of rotatable bonds is 7. The van der Waals surface area contributed by atoms with Crippen LogP contribution in [0.1, 0.15) is 32.0 Å². The van der Waals surface area contributed by atoms with Crippen LogP contribution in [0.2, 0.25) is 0 Å². The molecule has 30 heavy (non-hydrogen) atoms. The zero-order valence-corrected chi connectivity index (χ0v) is 17.7. The van der Waals surface area contributed by atoms with E-state index in [0.29, 0.717) is 22.5 Å². The predicted octanol–water partition coefficient (Wildman–Crippen LogP) is 4.08. The lowest BCUT2D eigenvalue weighted by Crippen LogP contribution is -2.26. The number of hydrogen-bond acceptors (Lipinski definition) is 5. The highest BCUT2D eigenvalue weighted by Gasteiger charge is 2.16. The van der Waals surface area contributed by atoms with Crippen LogP contribution in [-0.4, -0.2) is 24.4 Å². The molecule has 7 nitrogen and oxygen atoms in total. The molecule has 0 saturated carbocycles. The van der Waals surface area contributed by atoms with Crippen molar-refractivity contribution < 1.29 is 23.5 Å². The molecule has 0 aliphatic rings. The number of para-hydroxylation sites is 1. The summed E-state index contributed by atoms with van der Waals surface area (Å²) in [5, 5.41) is 5.42. The second-order valence-corrected chi connectivity index (χ2v) is 7.22. The molecule has 0 spiro atoms. The van der Waals surface area contributed by atoms with Crippen LogP contribution >= 0.6 is 15.9 Å². The summed E-state index contributed by atoms with van der Waals surface area (Å²) in [5.41, 5.74) is 2.73. The number of esters is 1. The van der Waals surface area contributed by atoms with Gasteiger partial charge >= 0.3 is 5.97 Å². The van der Waals surface area contributed by atoms with Gasteiger partial charge in [0.2, 0.25) is 5.76 Å². The molecule has 8 heteroatoms. The van der Waals surface area contributed by atoms with Gasteiger partial charge in [-0.25, -0.2) is 4.79 Å². The van der Waals surface area contributed by atoms with Gasteiger partial charge in [-0.15, -0.1) is 0 Å². The van der Waals surface area contributed by atoms with E-state index < -0.39 is 18.5 Å². The maximum Gasteiger partial charge on any atom is 0.374 e. The third-order valence-corrected chi connectivity index (χ3v) is 4.55. The van der Waals surface area contributed by atoms with Gasteiger partial charge in [-0.3, -0.25) is 9.59 Å². The van der Waals surface area contributed by atoms with E-state index in [2.05, 4.69) is 26.6 Å². The fourth-order valence-corrected chi connectivity index (χ4v) is 2.89. The predicted molar refractivity (Wildman–Crippen MR) is 114 cm³/mol. The number of ether oxygens (including phenoxy) is 1. The lowest BCUT2D eigenvalue weighted by molar-refractivity contribution is -0.119. The van der Waals surface area contributed by atoms with Crippen molar-refractivity contribution in [3.05, 3.63) is 87.8 Å². The molecule has 0 fully saturated rings. The van der Waals surface area contributed by atoms with E-state index in [1.54, 1.807) is 30.3 Å². The highest BCUT2D eigenvalue weighted by Crippen LogP contribution is 2.16. The molecule has 0 unspecified atom stereocenters. The zero-order valence-electron chi connectivity index (χ0n) is 16.1. The van der Waals surface area contributed by atoms with Gasteiger partial charge in [0.15, 0.2) is 11.3 Å². The highest BCUT2D eigenvalue weighted by molar-refractivity contribution is 9.10. The first-order chi connectivity index (χ1) is 14.4. The van der Waals surface area contributed by atoms with E-state index in [-0.39, 0.29) is 11.7 Å². The van der Waals surface area contributed by atoms with E-state index in [1.807, 2.05) is 31.2 Å². The second kappa shape index (κ2) is 9.89. The number of halogens is 1. The minimum atomic E-state index is -0.764. The van der Waals surface area contributed by atoms with Crippen molar-refractivity contribution in [2.75, 3.05) is 11.9 Å². The van der Waals surface area contributed by atoms with E-state index in [9.17, 15) is 14.4 Å². The van der Waals surface area contributed by atoms with Crippen LogP contribution in [-0.2, 0) is 16.1 Å². The monoisotopic (exact) mass is 470 g/mol. The van der Waals surface area contributed by atoms with Gasteiger partial charge in [0.25, 0.3) is 11.8 Å². The Morgan fingerprint density at radius 3 is 2.43 bits per heavy atom. The summed E-state index contributed by atoms with van der Waals surface area (Å²) in [4.78, 5) is 36.6. The Morgan fingerprint density at radius 1 is 1.00 bits per heavy atom. The number of carbonyl (C=O) groups is 3. The first-order valence-electron chi connectivity index (χ1n) is 9.07. The van der Waals surface area contributed by atoms with Crippen LogP contribution in [0.15, 0.2) is 69.8 Å². The van der Waals surface area contributed by atoms with E-state index in [0.717, 1.165) is 11.1 Å². The molecule has 0 atom stereocenters. The Balaban J connectivity index is 1.57. The fraction of sp³-hybridized carbons (Fsp3) is 0.136. The molecular formula is C22H19BrN2O5. The zero-order chi connectivity index (χ0) is 21.5. The van der Waals surface area contributed by atoms with Gasteiger partial charge in [-0.1, -0.05) is 42.0 Å². The number of aryl methyl sites for hydroxylation is 1. The maximum atomic E-state index is 12.6. The first-order valence-corrected chi connectivity index (χ1v) is 9.87. The Bertz CT molecular complexity index is 1060. The topological polar surface area (TPSA) is 97.6 Å². The number of nitrogens with one attached hydrogen (secondary N) is 2. The summed E-state index contributed by atoms with van der Waals surface area (Å²) in [6.07, 6.45) is 0. The smallest absolute Gasteiger partial charge is 0.374 e. The van der Waals surface area contributed by atoms with Crippen LogP contribution < -0.4 is 10.6 Å². The Kier molecular flexibility index (Phi) is 7.03. The highest BCUT2D eigenvalue weighted by atomic mass is 79.9. The van der Waals surface area contributed by atoms with Gasteiger partial charge < -0.3 is 19.8 Å². The van der Waals surface area contributed by atoms with Crippen LogP contribution in [0.25, 0.3) is 0 Å². The summed E-state index contributed by atoms with van der Waals surface area (Å²) >= 11 is 3.09. The molecule has 2 N–H and O–H groups in total. The number of benzene rings is 2. The van der Waals surface area contributed by atoms with Crippen molar-refractivity contribution in [2.24, 2.45) is 0 Å². The normalized spacial score (nSPS) is 10.3. The molecule has 1 aromatic heterocycles. The molecule has 2 aromatic carbocycles. The standard InChI is InChI=1S/C22H19BrN2O5/c1-14-6-8-15(9-7-14)12-24-21(27)16-4-2-3-5-17(16)25-20(26)13-29-22(28)18-10-11-19(23)30-18/h2-11H,12-13H2,1H3,(H,24,27)(H,25,26). The third kappa shape index (κ3) is 5.81. The fourth-order valence-electron chi connectivity index (χ4n) is 2.59. The molecule has 3 rings (SSSR count). The molecule has 0 radical (unpaired) electrons. The average molecular weight is 471 g/mol. The lowest BCUT2D eigenvalue weighted by Gasteiger charge is -2.12. The van der Waals surface area contributed by atoms with Gasteiger partial charge in [0.05, 0.1) is 11.3 Å². The Labute approximate surface area is 181 Å². The van der Waals surface area contributed by atoms with Gasteiger partial charge in [-0.05, 0) is 52.7 Å². The number of amides is 2. The van der Waals surface area contributed by atoms with Crippen molar-refractivity contribution in [3.8, 4) is 0 Å². The summed E-state index contributed by atoms with van der Waals surface area (Å²) in [5.74, 6) is -1.69. The lowest BCUT2D eigenvalue weighted by atomic mass is 10.1. The molecule has 0 saturated heterocycles. The third-order valence-electron chi connectivity index (χ3n) is 4.13. The quantitative estimate of drug-likeness (QED) is 0.507. The van der Waals surface area contributed by atoms with E-state index in [1.165, 1.54) is 6.07 Å². The largest absolute Gasteiger partial charge is 0.450 e. The van der Waals surface area contributed by atoms with Crippen LogP contribution in [0, 0.1) is 6.92 Å². The number of furan rings is 1. The molecule has 0 bridgehead atoms. The summed E-state index contributed by atoms with van der Waals surface area (Å²) < 4.78 is 10.4. The van der Waals surface area contributed by atoms with Gasteiger partial charge in [0, 0.05) is 6.54 Å². The summed E-state index contributed by atoms with van der Waals surface area (Å²) in [6.45, 7) is 1.83. The SMILES string of the molecule is Cc1ccc(CNC(=O)c2ccccc2NC(=O)COC(=O)c2ccc(Br)o2)cc1. The van der Waals surface area contributed by atoms with Crippen molar-refractivity contribution in [1.29, 1.82) is 0 Å². The number of anilines is 1. The number of hydrogen-bond donors (Lipinski definition) is 2. The van der Waals surface area contributed by atoms with Crippen molar-refractivity contribution >= 4 is 39.4 Å². The molecule has 1 heterocycles. The van der Waals surface area contributed by atoms with Gasteiger partial charge in [-0.2, -0.15) is 0 Å². The molecule has 154 valence electrons. The van der Waals surface area contributed by atoms with E-state index in [4.69, 9.17) is 9.15 Å². The molecule has 0 aliphatic carbocycles. The minimum absolute atomic E-state index is 0.0226. The second-order valence-electron chi connectivity index (χ2n) is 6.44. The Hall–Kier alpha value is -3.39. The van der Waals surface area contributed by atoms with Crippen molar-refractivity contribution in [3.63, 3.8) is 0 Å². The van der Waals surface area contributed by atoms with Crippen LogP contribution in [0.3, 0.4) is 0 Å². The summed E-state index contributed by atoms with van der Waals surface area (Å²) in [6, 6.07) is 17.4. The number of carbonyl (C=O) groups excluding carboxylic acids is 3. The van der Waals surface area contributed by atoms with Gasteiger partial charge in [0.1, 0.15) is 0 Å². The minimum Gasteiger partial charge on any atom is -0.450 e. The average Bonchev–Trinajstić information content (AvgIpc) is 3.18. The maximum absolute atomic E-state index is 12.6. The molecule has 3 aromatic rings. The van der Waals surface area contributed by atoms with E-state index >= 15 is 0 Å². The summed E-state index contributed by atoms with van der Waals surface area (Å²) in [7, 11) is 0. The first kappa shape index (κ1) is 21.3. The molecule has 2 amide bonds. The Morgan fingerprint density at radius 2 is 1.73 bits per heavy atom. The van der Waals surface area contributed by atoms with Crippen molar-refractivity contribution in [2.45, 2.75) is 13.5 Å². The molecular weight excluding hydrogens is 452 g/mol. The van der Waals surface area contributed by atoms with Crippen molar-refractivity contribution in [1.82, 2.24) is 5.32 Å².